The van der Waals surface area contributed by atoms with E-state index in [0.29, 0.717) is 16.4 Å². The van der Waals surface area contributed by atoms with Crippen molar-refractivity contribution >= 4 is 38.9 Å². The molecule has 0 radical (unpaired) electrons. The summed E-state index contributed by atoms with van der Waals surface area (Å²) in [6, 6.07) is 21.9. The van der Waals surface area contributed by atoms with Crippen molar-refractivity contribution in [1.82, 2.24) is 0 Å². The average molecular weight is 415 g/mol. The molecule has 0 bridgehead atoms. The molecule has 5 nitrogen and oxygen atoms in total. The second-order valence-corrected chi connectivity index (χ2v) is 8.46. The van der Waals surface area contributed by atoms with Crippen LogP contribution in [0.15, 0.2) is 83.8 Å². The first-order valence-corrected chi connectivity index (χ1v) is 10.4. The first kappa shape index (κ1) is 19.9. The fourth-order valence-corrected chi connectivity index (χ4v) is 4.40. The Hall–Kier alpha value is -2.83. The summed E-state index contributed by atoms with van der Waals surface area (Å²) >= 11 is 6.08. The van der Waals surface area contributed by atoms with Crippen molar-refractivity contribution in [2.24, 2.45) is 0 Å². The molecule has 0 saturated heterocycles. The van der Waals surface area contributed by atoms with Crippen LogP contribution < -0.4 is 9.62 Å². The van der Waals surface area contributed by atoms with Gasteiger partial charge in [-0.2, -0.15) is 0 Å². The molecule has 0 spiro atoms. The summed E-state index contributed by atoms with van der Waals surface area (Å²) in [5.74, 6) is -0.492. The average Bonchev–Trinajstić information content (AvgIpc) is 2.68. The van der Waals surface area contributed by atoms with E-state index < -0.39 is 15.9 Å². The third kappa shape index (κ3) is 4.52. The predicted molar refractivity (Wildman–Crippen MR) is 112 cm³/mol. The van der Waals surface area contributed by atoms with Gasteiger partial charge in [0.2, 0.25) is 5.91 Å². The number of aryl methyl sites for hydroxylation is 1. The van der Waals surface area contributed by atoms with E-state index in [0.717, 1.165) is 9.87 Å². The predicted octanol–water partition coefficient (Wildman–Crippen LogP) is 4.48. The van der Waals surface area contributed by atoms with E-state index in [4.69, 9.17) is 11.6 Å². The molecular weight excluding hydrogens is 396 g/mol. The fourth-order valence-electron chi connectivity index (χ4n) is 2.70. The van der Waals surface area contributed by atoms with Crippen LogP contribution in [0.1, 0.15) is 5.56 Å². The summed E-state index contributed by atoms with van der Waals surface area (Å²) in [6.07, 6.45) is 0. The lowest BCUT2D eigenvalue weighted by atomic mass is 10.2. The third-order valence-electron chi connectivity index (χ3n) is 4.06. The Balaban J connectivity index is 1.94. The Morgan fingerprint density at radius 3 is 2.32 bits per heavy atom. The van der Waals surface area contributed by atoms with Gasteiger partial charge in [0.1, 0.15) is 6.54 Å². The minimum absolute atomic E-state index is 0.127. The molecule has 0 unspecified atom stereocenters. The van der Waals surface area contributed by atoms with E-state index >= 15 is 0 Å². The number of amides is 1. The number of hydrogen-bond donors (Lipinski definition) is 1. The molecule has 0 aliphatic rings. The number of halogens is 1. The highest BCUT2D eigenvalue weighted by Gasteiger charge is 2.27. The van der Waals surface area contributed by atoms with Crippen LogP contribution >= 0.6 is 11.6 Å². The lowest BCUT2D eigenvalue weighted by Crippen LogP contribution is -2.38. The summed E-state index contributed by atoms with van der Waals surface area (Å²) < 4.78 is 27.6. The van der Waals surface area contributed by atoms with Crippen molar-refractivity contribution in [3.63, 3.8) is 0 Å². The molecule has 1 amide bonds. The topological polar surface area (TPSA) is 66.5 Å². The van der Waals surface area contributed by atoms with E-state index in [1.807, 2.05) is 13.0 Å². The summed E-state index contributed by atoms with van der Waals surface area (Å²) in [7, 11) is -3.93. The SMILES string of the molecule is Cc1cccc(S(=O)(=O)N(CC(=O)Nc2ccccc2Cl)c2ccccc2)c1. The van der Waals surface area contributed by atoms with E-state index in [-0.39, 0.29) is 11.4 Å². The van der Waals surface area contributed by atoms with Gasteiger partial charge in [0.15, 0.2) is 0 Å². The highest BCUT2D eigenvalue weighted by molar-refractivity contribution is 7.92. The molecular formula is C21H19ClN2O3S. The van der Waals surface area contributed by atoms with Crippen molar-refractivity contribution in [3.05, 3.63) is 89.4 Å². The van der Waals surface area contributed by atoms with Crippen molar-refractivity contribution in [1.29, 1.82) is 0 Å². The van der Waals surface area contributed by atoms with E-state index in [1.54, 1.807) is 66.7 Å². The fraction of sp³-hybridized carbons (Fsp3) is 0.0952. The Bertz CT molecular complexity index is 1090. The van der Waals surface area contributed by atoms with Gasteiger partial charge in [0, 0.05) is 0 Å². The molecule has 0 atom stereocenters. The van der Waals surface area contributed by atoms with E-state index in [1.165, 1.54) is 6.07 Å². The summed E-state index contributed by atoms with van der Waals surface area (Å²) in [4.78, 5) is 12.7. The van der Waals surface area contributed by atoms with Gasteiger partial charge in [-0.1, -0.05) is 54.1 Å². The van der Waals surface area contributed by atoms with Crippen molar-refractivity contribution in [2.75, 3.05) is 16.2 Å². The summed E-state index contributed by atoms with van der Waals surface area (Å²) in [5.41, 5.74) is 1.64. The molecule has 0 saturated carbocycles. The molecule has 3 aromatic rings. The number of nitrogens with zero attached hydrogens (tertiary/aromatic N) is 1. The van der Waals surface area contributed by atoms with Crippen molar-refractivity contribution < 1.29 is 13.2 Å². The zero-order valence-electron chi connectivity index (χ0n) is 15.2. The maximum Gasteiger partial charge on any atom is 0.264 e. The van der Waals surface area contributed by atoms with Crippen LogP contribution in [0.2, 0.25) is 5.02 Å². The van der Waals surface area contributed by atoms with Gasteiger partial charge >= 0.3 is 0 Å². The van der Waals surface area contributed by atoms with Crippen molar-refractivity contribution in [2.45, 2.75) is 11.8 Å². The minimum atomic E-state index is -3.93. The molecule has 3 aromatic carbocycles. The number of nitrogens with one attached hydrogen (secondary N) is 1. The number of sulfonamides is 1. The zero-order valence-corrected chi connectivity index (χ0v) is 16.7. The van der Waals surface area contributed by atoms with Gasteiger partial charge in [0.05, 0.1) is 21.3 Å². The molecule has 0 heterocycles. The molecule has 0 aliphatic heterocycles. The molecule has 28 heavy (non-hydrogen) atoms. The highest BCUT2D eigenvalue weighted by Crippen LogP contribution is 2.25. The molecule has 144 valence electrons. The minimum Gasteiger partial charge on any atom is -0.323 e. The van der Waals surface area contributed by atoms with E-state index in [2.05, 4.69) is 5.32 Å². The molecule has 3 rings (SSSR count). The Labute approximate surface area is 169 Å². The summed E-state index contributed by atoms with van der Waals surface area (Å²) in [5, 5.41) is 3.05. The van der Waals surface area contributed by atoms with Gasteiger partial charge in [0.25, 0.3) is 10.0 Å². The number of rotatable bonds is 6. The van der Waals surface area contributed by atoms with Gasteiger partial charge in [-0.25, -0.2) is 8.42 Å². The standard InChI is InChI=1S/C21H19ClN2O3S/c1-16-8-7-11-18(14-16)28(26,27)24(17-9-3-2-4-10-17)15-21(25)23-20-13-6-5-12-19(20)22/h2-14H,15H2,1H3,(H,23,25). The number of para-hydroxylation sites is 2. The Morgan fingerprint density at radius 2 is 1.64 bits per heavy atom. The molecule has 0 aromatic heterocycles. The van der Waals surface area contributed by atoms with Gasteiger partial charge < -0.3 is 5.32 Å². The first-order valence-electron chi connectivity index (χ1n) is 8.57. The maximum absolute atomic E-state index is 13.3. The molecule has 1 N–H and O–H groups in total. The Morgan fingerprint density at radius 1 is 0.964 bits per heavy atom. The molecule has 0 fully saturated rings. The highest BCUT2D eigenvalue weighted by atomic mass is 35.5. The van der Waals surface area contributed by atoms with Crippen LogP contribution in [0.3, 0.4) is 0 Å². The number of benzene rings is 3. The van der Waals surface area contributed by atoms with Crippen LogP contribution in [0, 0.1) is 6.92 Å². The normalized spacial score (nSPS) is 11.1. The van der Waals surface area contributed by atoms with Crippen molar-refractivity contribution in [3.8, 4) is 0 Å². The van der Waals surface area contributed by atoms with E-state index in [9.17, 15) is 13.2 Å². The van der Waals surface area contributed by atoms with Gasteiger partial charge in [-0.3, -0.25) is 9.10 Å². The zero-order chi connectivity index (χ0) is 20.1. The summed E-state index contributed by atoms with van der Waals surface area (Å²) in [6.45, 7) is 1.43. The number of hydrogen-bond acceptors (Lipinski definition) is 3. The number of carbonyl (C=O) groups excluding carboxylic acids is 1. The quantitative estimate of drug-likeness (QED) is 0.646. The van der Waals surface area contributed by atoms with Crippen LogP contribution in [-0.4, -0.2) is 20.9 Å². The number of anilines is 2. The van der Waals surface area contributed by atoms with Crippen LogP contribution in [0.5, 0.6) is 0 Å². The largest absolute Gasteiger partial charge is 0.323 e. The molecule has 7 heteroatoms. The van der Waals surface area contributed by atoms with Crippen LogP contribution in [0.25, 0.3) is 0 Å². The maximum atomic E-state index is 13.3. The molecule has 0 aliphatic carbocycles. The van der Waals surface area contributed by atoms with Gasteiger partial charge in [-0.15, -0.1) is 0 Å². The van der Waals surface area contributed by atoms with Gasteiger partial charge in [-0.05, 0) is 48.9 Å². The Kier molecular flexibility index (Phi) is 6.02. The second-order valence-electron chi connectivity index (χ2n) is 6.19. The first-order chi connectivity index (χ1) is 13.4. The lowest BCUT2D eigenvalue weighted by Gasteiger charge is -2.24. The smallest absolute Gasteiger partial charge is 0.264 e. The van der Waals surface area contributed by atoms with Crippen LogP contribution in [-0.2, 0) is 14.8 Å². The number of carbonyl (C=O) groups is 1. The third-order valence-corrected chi connectivity index (χ3v) is 6.16. The second kappa shape index (κ2) is 8.46. The van der Waals surface area contributed by atoms with Crippen LogP contribution in [0.4, 0.5) is 11.4 Å². The lowest BCUT2D eigenvalue weighted by molar-refractivity contribution is -0.114. The monoisotopic (exact) mass is 414 g/mol.